The number of carbonyl (C=O) groups is 1. The van der Waals surface area contributed by atoms with E-state index >= 15 is 0 Å². The SMILES string of the molecule is CC(C)(C)C1CCC(NC(=S)NC(=O)/C=C/c2ccc(Cl)cc2)CC1. The zero-order valence-corrected chi connectivity index (χ0v) is 16.7. The molecule has 0 bridgehead atoms. The van der Waals surface area contributed by atoms with Crippen LogP contribution in [0.4, 0.5) is 0 Å². The highest BCUT2D eigenvalue weighted by atomic mass is 35.5. The van der Waals surface area contributed by atoms with Gasteiger partial charge in [0.2, 0.25) is 5.91 Å². The van der Waals surface area contributed by atoms with Crippen molar-refractivity contribution in [3.63, 3.8) is 0 Å². The molecule has 0 spiro atoms. The second-order valence-corrected chi connectivity index (χ2v) is 8.61. The molecule has 0 saturated heterocycles. The van der Waals surface area contributed by atoms with Crippen LogP contribution in [-0.2, 0) is 4.79 Å². The smallest absolute Gasteiger partial charge is 0.250 e. The lowest BCUT2D eigenvalue weighted by atomic mass is 9.71. The van der Waals surface area contributed by atoms with Crippen molar-refractivity contribution in [2.45, 2.75) is 52.5 Å². The third-order valence-corrected chi connectivity index (χ3v) is 5.29. The van der Waals surface area contributed by atoms with Gasteiger partial charge in [0.25, 0.3) is 0 Å². The number of nitrogens with one attached hydrogen (secondary N) is 2. The molecule has 25 heavy (non-hydrogen) atoms. The van der Waals surface area contributed by atoms with Crippen LogP contribution in [0.2, 0.25) is 5.02 Å². The van der Waals surface area contributed by atoms with Gasteiger partial charge < -0.3 is 5.32 Å². The molecule has 0 radical (unpaired) electrons. The van der Waals surface area contributed by atoms with Gasteiger partial charge in [0.1, 0.15) is 0 Å². The topological polar surface area (TPSA) is 41.1 Å². The van der Waals surface area contributed by atoms with Gasteiger partial charge in [-0.1, -0.05) is 44.5 Å². The lowest BCUT2D eigenvalue weighted by Gasteiger charge is -2.37. The minimum Gasteiger partial charge on any atom is -0.360 e. The van der Waals surface area contributed by atoms with E-state index in [0.717, 1.165) is 24.3 Å². The second kappa shape index (κ2) is 8.81. The predicted octanol–water partition coefficient (Wildman–Crippen LogP) is 4.95. The predicted molar refractivity (Wildman–Crippen MR) is 110 cm³/mol. The van der Waals surface area contributed by atoms with Crippen molar-refractivity contribution in [3.8, 4) is 0 Å². The van der Waals surface area contributed by atoms with Crippen LogP contribution in [0.25, 0.3) is 6.08 Å². The van der Waals surface area contributed by atoms with E-state index in [9.17, 15) is 4.79 Å². The highest BCUT2D eigenvalue weighted by Gasteiger charge is 2.29. The van der Waals surface area contributed by atoms with Crippen LogP contribution in [0.3, 0.4) is 0 Å². The zero-order valence-electron chi connectivity index (χ0n) is 15.1. The number of thiocarbonyl (C=S) groups is 1. The Morgan fingerprint density at radius 1 is 1.16 bits per heavy atom. The molecule has 1 amide bonds. The minimum absolute atomic E-state index is 0.226. The Hall–Kier alpha value is -1.39. The second-order valence-electron chi connectivity index (χ2n) is 7.76. The van der Waals surface area contributed by atoms with Gasteiger partial charge in [-0.05, 0) is 73.0 Å². The number of hydrogen-bond donors (Lipinski definition) is 2. The lowest BCUT2D eigenvalue weighted by Crippen LogP contribution is -2.45. The molecule has 1 aliphatic rings. The molecule has 136 valence electrons. The van der Waals surface area contributed by atoms with E-state index in [1.54, 1.807) is 18.2 Å². The largest absolute Gasteiger partial charge is 0.360 e. The summed E-state index contributed by atoms with van der Waals surface area (Å²) in [6.45, 7) is 6.93. The van der Waals surface area contributed by atoms with Crippen LogP contribution < -0.4 is 10.6 Å². The van der Waals surface area contributed by atoms with Crippen molar-refractivity contribution >= 4 is 40.9 Å². The van der Waals surface area contributed by atoms with E-state index in [-0.39, 0.29) is 5.91 Å². The number of amides is 1. The van der Waals surface area contributed by atoms with Crippen molar-refractivity contribution in [1.29, 1.82) is 0 Å². The first-order valence-corrected chi connectivity index (χ1v) is 9.58. The van der Waals surface area contributed by atoms with Crippen LogP contribution in [0.5, 0.6) is 0 Å². The average molecular weight is 379 g/mol. The molecule has 1 aliphatic carbocycles. The number of halogens is 1. The quantitative estimate of drug-likeness (QED) is 0.577. The summed E-state index contributed by atoms with van der Waals surface area (Å²) in [5.41, 5.74) is 1.28. The van der Waals surface area contributed by atoms with Gasteiger partial charge in [0.15, 0.2) is 5.11 Å². The molecule has 1 saturated carbocycles. The molecule has 1 aromatic carbocycles. The molecule has 1 aromatic rings. The highest BCUT2D eigenvalue weighted by molar-refractivity contribution is 7.80. The number of hydrogen-bond acceptors (Lipinski definition) is 2. The third kappa shape index (κ3) is 6.79. The molecule has 1 fully saturated rings. The third-order valence-electron chi connectivity index (χ3n) is 4.82. The van der Waals surface area contributed by atoms with E-state index < -0.39 is 0 Å². The van der Waals surface area contributed by atoms with Crippen LogP contribution >= 0.6 is 23.8 Å². The van der Waals surface area contributed by atoms with Gasteiger partial charge in [-0.3, -0.25) is 10.1 Å². The minimum atomic E-state index is -0.226. The molecule has 2 N–H and O–H groups in total. The Labute approximate surface area is 161 Å². The van der Waals surface area contributed by atoms with Crippen LogP contribution in [0.15, 0.2) is 30.3 Å². The number of carbonyl (C=O) groups excluding carboxylic acids is 1. The summed E-state index contributed by atoms with van der Waals surface area (Å²) in [6.07, 6.45) is 7.82. The molecule has 0 aromatic heterocycles. The number of rotatable bonds is 3. The van der Waals surface area contributed by atoms with Gasteiger partial charge in [-0.15, -0.1) is 0 Å². The number of benzene rings is 1. The molecule has 2 rings (SSSR count). The van der Waals surface area contributed by atoms with Gasteiger partial charge in [-0.2, -0.15) is 0 Å². The van der Waals surface area contributed by atoms with Crippen molar-refractivity contribution in [2.75, 3.05) is 0 Å². The molecule has 0 aliphatic heterocycles. The fourth-order valence-electron chi connectivity index (χ4n) is 3.22. The fourth-order valence-corrected chi connectivity index (χ4v) is 3.62. The maximum Gasteiger partial charge on any atom is 0.250 e. The maximum atomic E-state index is 12.0. The summed E-state index contributed by atoms with van der Waals surface area (Å²) in [7, 11) is 0. The normalized spacial score (nSPS) is 21.1. The monoisotopic (exact) mass is 378 g/mol. The molecule has 0 heterocycles. The van der Waals surface area contributed by atoms with Crippen molar-refractivity contribution in [1.82, 2.24) is 10.6 Å². The summed E-state index contributed by atoms with van der Waals surface area (Å²) < 4.78 is 0. The first-order chi connectivity index (χ1) is 11.7. The first kappa shape index (κ1) is 19.9. The van der Waals surface area contributed by atoms with Gasteiger partial charge >= 0.3 is 0 Å². The van der Waals surface area contributed by atoms with Crippen molar-refractivity contribution < 1.29 is 4.79 Å². The van der Waals surface area contributed by atoms with E-state index in [1.165, 1.54) is 18.9 Å². The molecule has 0 unspecified atom stereocenters. The van der Waals surface area contributed by atoms with E-state index in [1.807, 2.05) is 12.1 Å². The van der Waals surface area contributed by atoms with Crippen LogP contribution in [-0.4, -0.2) is 17.1 Å². The molecular weight excluding hydrogens is 352 g/mol. The summed E-state index contributed by atoms with van der Waals surface area (Å²) in [6, 6.07) is 7.65. The average Bonchev–Trinajstić information content (AvgIpc) is 2.54. The van der Waals surface area contributed by atoms with Gasteiger partial charge in [0, 0.05) is 17.1 Å². The van der Waals surface area contributed by atoms with Crippen LogP contribution in [0.1, 0.15) is 52.0 Å². The van der Waals surface area contributed by atoms with E-state index in [4.69, 9.17) is 23.8 Å². The molecular formula is C20H27ClN2OS. The fraction of sp³-hybridized carbons (Fsp3) is 0.500. The first-order valence-electron chi connectivity index (χ1n) is 8.79. The summed E-state index contributed by atoms with van der Waals surface area (Å²) in [4.78, 5) is 12.0. The van der Waals surface area contributed by atoms with E-state index in [0.29, 0.717) is 21.6 Å². The standard InChI is InChI=1S/C20H27ClN2OS/c1-20(2,3)15-7-11-17(12-8-15)22-19(25)23-18(24)13-6-14-4-9-16(21)10-5-14/h4-6,9-10,13,15,17H,7-8,11-12H2,1-3H3,(H2,22,23,24,25)/b13-6+. The Morgan fingerprint density at radius 3 is 2.32 bits per heavy atom. The maximum absolute atomic E-state index is 12.0. The Kier molecular flexibility index (Phi) is 7.03. The Bertz CT molecular complexity index is 626. The lowest BCUT2D eigenvalue weighted by molar-refractivity contribution is -0.115. The Balaban J connectivity index is 1.75. The van der Waals surface area contributed by atoms with E-state index in [2.05, 4.69) is 31.4 Å². The highest BCUT2D eigenvalue weighted by Crippen LogP contribution is 2.37. The zero-order chi connectivity index (χ0) is 18.4. The summed E-state index contributed by atoms with van der Waals surface area (Å²) in [5, 5.41) is 7.08. The van der Waals surface area contributed by atoms with Gasteiger partial charge in [-0.25, -0.2) is 0 Å². The Morgan fingerprint density at radius 2 is 1.76 bits per heavy atom. The van der Waals surface area contributed by atoms with Gasteiger partial charge in [0.05, 0.1) is 0 Å². The van der Waals surface area contributed by atoms with Crippen molar-refractivity contribution in [2.24, 2.45) is 11.3 Å². The van der Waals surface area contributed by atoms with Crippen molar-refractivity contribution in [3.05, 3.63) is 40.9 Å². The summed E-state index contributed by atoms with van der Waals surface area (Å²) in [5.74, 6) is 0.534. The summed E-state index contributed by atoms with van der Waals surface area (Å²) >= 11 is 11.1. The molecule has 5 heteroatoms. The molecule has 3 nitrogen and oxygen atoms in total. The van der Waals surface area contributed by atoms with Crippen LogP contribution in [0, 0.1) is 11.3 Å². The molecule has 0 atom stereocenters.